The van der Waals surface area contributed by atoms with Gasteiger partial charge in [0, 0.05) is 31.9 Å². The molecule has 0 saturated carbocycles. The SMILES string of the molecule is CSCCC(NS(=O)(=O)c1cc(Cl)ccc1Cl)C(=O)NCc1ccc(N(C)C)nc1. The quantitative estimate of drug-likeness (QED) is 0.531. The summed E-state index contributed by atoms with van der Waals surface area (Å²) in [5.41, 5.74) is 0.804. The molecule has 2 N–H and O–H groups in total. The summed E-state index contributed by atoms with van der Waals surface area (Å²) >= 11 is 13.5. The van der Waals surface area contributed by atoms with E-state index in [-0.39, 0.29) is 21.5 Å². The van der Waals surface area contributed by atoms with Gasteiger partial charge in [-0.05, 0) is 48.3 Å². The first-order valence-corrected chi connectivity index (χ1v) is 12.6. The molecule has 0 spiro atoms. The lowest BCUT2D eigenvalue weighted by atomic mass is 10.2. The van der Waals surface area contributed by atoms with E-state index < -0.39 is 22.0 Å². The third-order valence-corrected chi connectivity index (χ3v) is 6.97. The molecule has 0 fully saturated rings. The molecule has 30 heavy (non-hydrogen) atoms. The maximum absolute atomic E-state index is 12.8. The number of sulfonamides is 1. The summed E-state index contributed by atoms with van der Waals surface area (Å²) in [5.74, 6) is 0.972. The predicted molar refractivity (Wildman–Crippen MR) is 124 cm³/mol. The highest BCUT2D eigenvalue weighted by Gasteiger charge is 2.27. The lowest BCUT2D eigenvalue weighted by Gasteiger charge is -2.19. The molecule has 2 aromatic rings. The Morgan fingerprint density at radius 3 is 2.57 bits per heavy atom. The summed E-state index contributed by atoms with van der Waals surface area (Å²) in [6.45, 7) is 0.231. The van der Waals surface area contributed by atoms with Crippen LogP contribution in [0.15, 0.2) is 41.4 Å². The van der Waals surface area contributed by atoms with Gasteiger partial charge in [-0.1, -0.05) is 29.3 Å². The van der Waals surface area contributed by atoms with Crippen LogP contribution in [0.4, 0.5) is 5.82 Å². The Morgan fingerprint density at radius 1 is 1.23 bits per heavy atom. The number of halogens is 2. The summed E-state index contributed by atoms with van der Waals surface area (Å²) in [7, 11) is -0.266. The molecule has 1 amide bonds. The van der Waals surface area contributed by atoms with Crippen LogP contribution < -0.4 is 14.9 Å². The molecular weight excluding hydrogens is 467 g/mol. The lowest BCUT2D eigenvalue weighted by molar-refractivity contribution is -0.122. The van der Waals surface area contributed by atoms with Gasteiger partial charge < -0.3 is 10.2 Å². The van der Waals surface area contributed by atoms with Gasteiger partial charge in [-0.2, -0.15) is 16.5 Å². The molecule has 11 heteroatoms. The second-order valence-corrected chi connectivity index (χ2v) is 10.2. The first-order chi connectivity index (χ1) is 14.1. The Kier molecular flexibility index (Phi) is 9.24. The van der Waals surface area contributed by atoms with Crippen LogP contribution in [0.25, 0.3) is 0 Å². The fourth-order valence-corrected chi connectivity index (χ4v) is 4.98. The minimum Gasteiger partial charge on any atom is -0.363 e. The van der Waals surface area contributed by atoms with Gasteiger partial charge in [0.05, 0.1) is 5.02 Å². The number of nitrogens with zero attached hydrogens (tertiary/aromatic N) is 2. The van der Waals surface area contributed by atoms with E-state index in [4.69, 9.17) is 23.2 Å². The molecule has 1 atom stereocenters. The second kappa shape index (κ2) is 11.2. The number of amides is 1. The highest BCUT2D eigenvalue weighted by atomic mass is 35.5. The molecule has 0 aliphatic rings. The van der Waals surface area contributed by atoms with Crippen molar-refractivity contribution in [1.29, 1.82) is 0 Å². The van der Waals surface area contributed by atoms with E-state index in [0.29, 0.717) is 12.2 Å². The minimum atomic E-state index is -4.04. The zero-order valence-corrected chi connectivity index (χ0v) is 20.0. The van der Waals surface area contributed by atoms with Crippen LogP contribution in [0.5, 0.6) is 0 Å². The Labute approximate surface area is 191 Å². The molecule has 1 aromatic heterocycles. The van der Waals surface area contributed by atoms with Crippen LogP contribution in [0.2, 0.25) is 10.0 Å². The Hall–Kier alpha value is -1.52. The average molecular weight is 491 g/mol. The molecule has 1 unspecified atom stereocenters. The molecule has 2 rings (SSSR count). The zero-order valence-electron chi connectivity index (χ0n) is 16.9. The van der Waals surface area contributed by atoms with E-state index in [0.717, 1.165) is 11.4 Å². The van der Waals surface area contributed by atoms with E-state index in [9.17, 15) is 13.2 Å². The first-order valence-electron chi connectivity index (χ1n) is 9.00. The van der Waals surface area contributed by atoms with Crippen molar-refractivity contribution in [2.75, 3.05) is 31.0 Å². The van der Waals surface area contributed by atoms with Crippen molar-refractivity contribution in [2.45, 2.75) is 23.9 Å². The van der Waals surface area contributed by atoms with Crippen molar-refractivity contribution in [3.63, 3.8) is 0 Å². The predicted octanol–water partition coefficient (Wildman–Crippen LogP) is 3.17. The Bertz CT molecular complexity index is 970. The van der Waals surface area contributed by atoms with E-state index >= 15 is 0 Å². The normalized spacial score (nSPS) is 12.4. The standard InChI is InChI=1S/C19H24Cl2N4O3S2/c1-25(2)18-7-4-13(11-22-18)12-23-19(26)16(8-9-29-3)24-30(27,28)17-10-14(20)5-6-15(17)21/h4-7,10-11,16,24H,8-9,12H2,1-3H3,(H,23,26). The van der Waals surface area contributed by atoms with Crippen LogP contribution in [-0.4, -0.2) is 51.5 Å². The monoisotopic (exact) mass is 490 g/mol. The number of benzene rings is 1. The number of rotatable bonds is 10. The number of pyridine rings is 1. The summed E-state index contributed by atoms with van der Waals surface area (Å²) in [6, 6.07) is 6.90. The van der Waals surface area contributed by atoms with E-state index in [2.05, 4.69) is 15.0 Å². The van der Waals surface area contributed by atoms with E-state index in [1.54, 1.807) is 6.20 Å². The average Bonchev–Trinajstić information content (AvgIpc) is 2.71. The maximum Gasteiger partial charge on any atom is 0.242 e. The van der Waals surface area contributed by atoms with Crippen LogP contribution in [-0.2, 0) is 21.4 Å². The summed E-state index contributed by atoms with van der Waals surface area (Å²) in [5, 5.41) is 3.03. The molecule has 0 aliphatic heterocycles. The number of aromatic nitrogens is 1. The lowest BCUT2D eigenvalue weighted by Crippen LogP contribution is -2.46. The van der Waals surface area contributed by atoms with Gasteiger partial charge >= 0.3 is 0 Å². The summed E-state index contributed by atoms with van der Waals surface area (Å²) < 4.78 is 28.1. The van der Waals surface area contributed by atoms with Gasteiger partial charge in [-0.15, -0.1) is 0 Å². The molecular formula is C19H24Cl2N4O3S2. The van der Waals surface area contributed by atoms with Gasteiger partial charge in [-0.3, -0.25) is 4.79 Å². The van der Waals surface area contributed by atoms with Crippen LogP contribution >= 0.6 is 35.0 Å². The van der Waals surface area contributed by atoms with Crippen molar-refractivity contribution in [1.82, 2.24) is 15.0 Å². The smallest absolute Gasteiger partial charge is 0.242 e. The van der Waals surface area contributed by atoms with Crippen molar-refractivity contribution in [2.24, 2.45) is 0 Å². The molecule has 0 bridgehead atoms. The third kappa shape index (κ3) is 7.02. The highest BCUT2D eigenvalue weighted by molar-refractivity contribution is 7.98. The van der Waals surface area contributed by atoms with Gasteiger partial charge in [0.25, 0.3) is 0 Å². The molecule has 1 aromatic carbocycles. The molecule has 0 aliphatic carbocycles. The van der Waals surface area contributed by atoms with Crippen molar-refractivity contribution < 1.29 is 13.2 Å². The van der Waals surface area contributed by atoms with Gasteiger partial charge in [0.2, 0.25) is 15.9 Å². The van der Waals surface area contributed by atoms with E-state index in [1.807, 2.05) is 37.4 Å². The van der Waals surface area contributed by atoms with Crippen LogP contribution in [0.1, 0.15) is 12.0 Å². The number of thioether (sulfide) groups is 1. The topological polar surface area (TPSA) is 91.4 Å². The van der Waals surface area contributed by atoms with Crippen molar-refractivity contribution in [3.8, 4) is 0 Å². The molecule has 0 radical (unpaired) electrons. The number of hydrogen-bond donors (Lipinski definition) is 2. The number of nitrogens with one attached hydrogen (secondary N) is 2. The number of hydrogen-bond acceptors (Lipinski definition) is 6. The molecule has 0 saturated heterocycles. The zero-order chi connectivity index (χ0) is 22.3. The van der Waals surface area contributed by atoms with Crippen LogP contribution in [0.3, 0.4) is 0 Å². The summed E-state index contributed by atoms with van der Waals surface area (Å²) in [6.07, 6.45) is 3.87. The van der Waals surface area contributed by atoms with Gasteiger partial charge in [0.1, 0.15) is 16.8 Å². The number of anilines is 1. The van der Waals surface area contributed by atoms with Crippen molar-refractivity contribution in [3.05, 3.63) is 52.1 Å². The molecule has 164 valence electrons. The maximum atomic E-state index is 12.8. The summed E-state index contributed by atoms with van der Waals surface area (Å²) in [4.78, 5) is 18.7. The van der Waals surface area contributed by atoms with Crippen LogP contribution in [0, 0.1) is 0 Å². The third-order valence-electron chi connectivity index (χ3n) is 4.14. The van der Waals surface area contributed by atoms with E-state index in [1.165, 1.54) is 30.0 Å². The van der Waals surface area contributed by atoms with Crippen molar-refractivity contribution >= 4 is 56.7 Å². The second-order valence-electron chi connectivity index (χ2n) is 6.67. The minimum absolute atomic E-state index is 0.0305. The first kappa shape index (κ1) is 24.7. The van der Waals surface area contributed by atoms with Gasteiger partial charge in [-0.25, -0.2) is 13.4 Å². The number of carbonyl (C=O) groups is 1. The Balaban J connectivity index is 2.11. The fourth-order valence-electron chi connectivity index (χ4n) is 2.51. The number of carbonyl (C=O) groups excluding carboxylic acids is 1. The molecule has 7 nitrogen and oxygen atoms in total. The largest absolute Gasteiger partial charge is 0.363 e. The highest BCUT2D eigenvalue weighted by Crippen LogP contribution is 2.25. The Morgan fingerprint density at radius 2 is 1.97 bits per heavy atom. The van der Waals surface area contributed by atoms with Gasteiger partial charge in [0.15, 0.2) is 0 Å². The fraction of sp³-hybridized carbons (Fsp3) is 0.368. The molecule has 1 heterocycles.